The van der Waals surface area contributed by atoms with Crippen LogP contribution in [0.3, 0.4) is 0 Å². The molecule has 0 radical (unpaired) electrons. The molecule has 7 nitrogen and oxygen atoms in total. The number of carbonyl (C=O) groups is 2. The lowest BCUT2D eigenvalue weighted by Crippen LogP contribution is -2.15. The smallest absolute Gasteiger partial charge is 0.337 e. The number of pyridine rings is 1. The van der Waals surface area contributed by atoms with Gasteiger partial charge in [0.15, 0.2) is 10.8 Å². The maximum Gasteiger partial charge on any atom is 0.337 e. The highest BCUT2D eigenvalue weighted by atomic mass is 32.2. The summed E-state index contributed by atoms with van der Waals surface area (Å²) in [7, 11) is 1.32. The zero-order valence-electron chi connectivity index (χ0n) is 16.8. The first-order valence-electron chi connectivity index (χ1n) is 9.60. The monoisotopic (exact) mass is 432 g/mol. The number of ether oxygens (including phenoxy) is 1. The molecule has 156 valence electrons. The van der Waals surface area contributed by atoms with E-state index in [1.54, 1.807) is 30.5 Å². The summed E-state index contributed by atoms with van der Waals surface area (Å²) in [5.74, 6) is -0.480. The fourth-order valence-corrected chi connectivity index (χ4v) is 3.93. The molecule has 4 aromatic rings. The molecule has 1 amide bonds. The first kappa shape index (κ1) is 20.6. The van der Waals surface area contributed by atoms with Crippen molar-refractivity contribution in [1.82, 2.24) is 14.5 Å². The molecule has 0 spiro atoms. The molecule has 0 fully saturated rings. The van der Waals surface area contributed by atoms with Crippen molar-refractivity contribution >= 4 is 40.5 Å². The largest absolute Gasteiger partial charge is 0.465 e. The van der Waals surface area contributed by atoms with Crippen LogP contribution in [-0.4, -0.2) is 39.3 Å². The van der Waals surface area contributed by atoms with Crippen LogP contribution in [0.15, 0.2) is 78.1 Å². The second-order valence-corrected chi connectivity index (χ2v) is 7.66. The van der Waals surface area contributed by atoms with E-state index in [0.717, 1.165) is 21.9 Å². The summed E-state index contributed by atoms with van der Waals surface area (Å²) in [6, 6.07) is 20.4. The van der Waals surface area contributed by atoms with Crippen LogP contribution in [0.2, 0.25) is 0 Å². The Morgan fingerprint density at radius 3 is 2.71 bits per heavy atom. The molecule has 0 saturated heterocycles. The summed E-state index contributed by atoms with van der Waals surface area (Å²) in [5, 5.41) is 3.53. The van der Waals surface area contributed by atoms with Crippen molar-refractivity contribution in [3.8, 4) is 0 Å². The van der Waals surface area contributed by atoms with Crippen molar-refractivity contribution in [3.63, 3.8) is 0 Å². The summed E-state index contributed by atoms with van der Waals surface area (Å²) in [4.78, 5) is 33.3. The number of hydrogen-bond acceptors (Lipinski definition) is 6. The van der Waals surface area contributed by atoms with E-state index in [9.17, 15) is 9.59 Å². The second-order valence-electron chi connectivity index (χ2n) is 6.72. The number of amides is 1. The molecule has 4 rings (SSSR count). The number of fused-ring (bicyclic) bond motifs is 1. The molecule has 8 heteroatoms. The number of esters is 1. The number of nitrogens with zero attached hydrogens (tertiary/aromatic N) is 3. The van der Waals surface area contributed by atoms with Crippen molar-refractivity contribution in [2.75, 3.05) is 18.2 Å². The van der Waals surface area contributed by atoms with Crippen molar-refractivity contribution in [2.45, 2.75) is 11.7 Å². The van der Waals surface area contributed by atoms with Gasteiger partial charge in [-0.2, -0.15) is 0 Å². The number of nitrogens with one attached hydrogen (secondary N) is 1. The van der Waals surface area contributed by atoms with E-state index >= 15 is 0 Å². The molecular weight excluding hydrogens is 412 g/mol. The Balaban J connectivity index is 1.49. The average molecular weight is 433 g/mol. The van der Waals surface area contributed by atoms with E-state index in [1.165, 1.54) is 18.9 Å². The lowest BCUT2D eigenvalue weighted by atomic mass is 10.2. The molecule has 31 heavy (non-hydrogen) atoms. The Morgan fingerprint density at radius 1 is 1.06 bits per heavy atom. The fraction of sp³-hybridized carbons (Fsp3) is 0.130. The zero-order chi connectivity index (χ0) is 21.6. The minimum absolute atomic E-state index is 0.167. The van der Waals surface area contributed by atoms with Gasteiger partial charge in [-0.05, 0) is 35.9 Å². The molecule has 2 aromatic heterocycles. The van der Waals surface area contributed by atoms with Gasteiger partial charge >= 0.3 is 5.97 Å². The van der Waals surface area contributed by atoms with Gasteiger partial charge < -0.3 is 10.1 Å². The van der Waals surface area contributed by atoms with Crippen LogP contribution in [0.4, 0.5) is 5.69 Å². The van der Waals surface area contributed by atoms with Gasteiger partial charge in [-0.25, -0.2) is 14.8 Å². The molecule has 0 aliphatic heterocycles. The molecule has 0 unspecified atom stereocenters. The summed E-state index contributed by atoms with van der Waals surface area (Å²) in [6.45, 7) is 0.611. The predicted octanol–water partition coefficient (Wildman–Crippen LogP) is 4.00. The molecular formula is C23H20N4O3S. The molecule has 0 atom stereocenters. The summed E-state index contributed by atoms with van der Waals surface area (Å²) >= 11 is 1.34. The topological polar surface area (TPSA) is 86.1 Å². The molecule has 0 aliphatic carbocycles. The normalized spacial score (nSPS) is 10.7. The fourth-order valence-electron chi connectivity index (χ4n) is 3.13. The van der Waals surface area contributed by atoms with Gasteiger partial charge in [-0.3, -0.25) is 9.36 Å². The summed E-state index contributed by atoms with van der Waals surface area (Å²) in [5.41, 5.74) is 3.60. The lowest BCUT2D eigenvalue weighted by Gasteiger charge is -2.09. The number of benzene rings is 2. The predicted molar refractivity (Wildman–Crippen MR) is 120 cm³/mol. The van der Waals surface area contributed by atoms with Crippen molar-refractivity contribution in [2.24, 2.45) is 0 Å². The van der Waals surface area contributed by atoms with Crippen molar-refractivity contribution in [1.29, 1.82) is 0 Å². The number of aromatic nitrogens is 3. The first-order valence-corrected chi connectivity index (χ1v) is 10.6. The number of rotatable bonds is 7. The van der Waals surface area contributed by atoms with Crippen LogP contribution in [0, 0.1) is 0 Å². The number of imidazole rings is 1. The number of thioether (sulfide) groups is 1. The van der Waals surface area contributed by atoms with Gasteiger partial charge in [-0.1, -0.05) is 48.2 Å². The van der Waals surface area contributed by atoms with Crippen molar-refractivity contribution < 1.29 is 14.3 Å². The zero-order valence-corrected chi connectivity index (χ0v) is 17.6. The number of carbonyl (C=O) groups excluding carboxylic acids is 2. The van der Waals surface area contributed by atoms with Crippen LogP contribution < -0.4 is 5.32 Å². The van der Waals surface area contributed by atoms with E-state index in [1.807, 2.05) is 47.0 Å². The summed E-state index contributed by atoms with van der Waals surface area (Å²) in [6.07, 6.45) is 1.74. The molecule has 2 heterocycles. The van der Waals surface area contributed by atoms with E-state index in [4.69, 9.17) is 4.74 Å². The Hall–Kier alpha value is -3.65. The van der Waals surface area contributed by atoms with Crippen LogP contribution in [0.25, 0.3) is 11.2 Å². The number of methoxy groups -OCH3 is 1. The second kappa shape index (κ2) is 9.44. The highest BCUT2D eigenvalue weighted by Crippen LogP contribution is 2.24. The first-order chi connectivity index (χ1) is 15.1. The molecule has 0 bridgehead atoms. The van der Waals surface area contributed by atoms with Gasteiger partial charge in [0.25, 0.3) is 0 Å². The number of anilines is 1. The van der Waals surface area contributed by atoms with Crippen LogP contribution in [0.1, 0.15) is 15.9 Å². The maximum atomic E-state index is 12.5. The summed E-state index contributed by atoms with van der Waals surface area (Å²) < 4.78 is 6.73. The van der Waals surface area contributed by atoms with Gasteiger partial charge in [-0.15, -0.1) is 0 Å². The standard InChI is InChI=1S/C23H20N4O3S/c1-30-22(29)17-9-5-10-18(13-17)25-20(28)15-31-23-26-19-11-6-12-24-21(19)27(23)14-16-7-3-2-4-8-16/h2-13H,14-15H2,1H3,(H,25,28). The van der Waals surface area contributed by atoms with E-state index in [2.05, 4.69) is 15.3 Å². The Kier molecular flexibility index (Phi) is 6.28. The van der Waals surface area contributed by atoms with Crippen LogP contribution in [-0.2, 0) is 16.1 Å². The van der Waals surface area contributed by atoms with E-state index in [-0.39, 0.29) is 11.7 Å². The minimum Gasteiger partial charge on any atom is -0.465 e. The highest BCUT2D eigenvalue weighted by Gasteiger charge is 2.15. The van der Waals surface area contributed by atoms with E-state index in [0.29, 0.717) is 17.8 Å². The molecule has 0 saturated carbocycles. The lowest BCUT2D eigenvalue weighted by molar-refractivity contribution is -0.113. The van der Waals surface area contributed by atoms with Gasteiger partial charge in [0.1, 0.15) is 5.52 Å². The van der Waals surface area contributed by atoms with Gasteiger partial charge in [0.2, 0.25) is 5.91 Å². The highest BCUT2D eigenvalue weighted by molar-refractivity contribution is 7.99. The third kappa shape index (κ3) is 4.92. The van der Waals surface area contributed by atoms with Crippen LogP contribution >= 0.6 is 11.8 Å². The quantitative estimate of drug-likeness (QED) is 0.351. The SMILES string of the molecule is COC(=O)c1cccc(NC(=O)CSc2nc3cccnc3n2Cc2ccccc2)c1. The molecule has 2 aromatic carbocycles. The number of hydrogen-bond donors (Lipinski definition) is 1. The van der Waals surface area contributed by atoms with Gasteiger partial charge in [0, 0.05) is 11.9 Å². The third-order valence-electron chi connectivity index (χ3n) is 4.55. The Labute approximate surface area is 183 Å². The maximum absolute atomic E-state index is 12.5. The Bertz CT molecular complexity index is 1220. The minimum atomic E-state index is -0.451. The van der Waals surface area contributed by atoms with E-state index < -0.39 is 5.97 Å². The Morgan fingerprint density at radius 2 is 1.90 bits per heavy atom. The van der Waals surface area contributed by atoms with Crippen LogP contribution in [0.5, 0.6) is 0 Å². The molecule has 0 aliphatic rings. The van der Waals surface area contributed by atoms with Gasteiger partial charge in [0.05, 0.1) is 25.0 Å². The van der Waals surface area contributed by atoms with Crippen molar-refractivity contribution in [3.05, 3.63) is 84.1 Å². The molecule has 1 N–H and O–H groups in total. The average Bonchev–Trinajstić information content (AvgIpc) is 3.15. The third-order valence-corrected chi connectivity index (χ3v) is 5.53.